The van der Waals surface area contributed by atoms with Crippen LogP contribution in [0.3, 0.4) is 0 Å². The highest BCUT2D eigenvalue weighted by Gasteiger charge is 1.96. The van der Waals surface area contributed by atoms with Gasteiger partial charge >= 0.3 is 0 Å². The first-order chi connectivity index (χ1) is 5.04. The minimum Gasteiger partial charge on any atom is -0.349 e. The molecule has 0 unspecified atom stereocenters. The van der Waals surface area contributed by atoms with E-state index < -0.39 is 0 Å². The van der Waals surface area contributed by atoms with Crippen LogP contribution in [0.4, 0.5) is 0 Å². The van der Waals surface area contributed by atoms with Crippen molar-refractivity contribution in [2.75, 3.05) is 6.54 Å². The number of hydrogen-bond acceptors (Lipinski definition) is 1. The van der Waals surface area contributed by atoms with Crippen molar-refractivity contribution in [1.29, 1.82) is 0 Å². The van der Waals surface area contributed by atoms with Crippen molar-refractivity contribution in [2.24, 2.45) is 0 Å². The summed E-state index contributed by atoms with van der Waals surface area (Å²) in [6.07, 6.45) is 1.96. The van der Waals surface area contributed by atoms with Gasteiger partial charge in [-0.1, -0.05) is 18.2 Å². The number of hydrogen-bond donors (Lipinski definition) is 1. The van der Waals surface area contributed by atoms with Gasteiger partial charge in [0.15, 0.2) is 0 Å². The Morgan fingerprint density at radius 3 is 2.36 bits per heavy atom. The van der Waals surface area contributed by atoms with Crippen LogP contribution in [-0.2, 0) is 4.79 Å². The number of rotatable bonds is 3. The molecule has 2 heteroatoms. The highest BCUT2D eigenvalue weighted by atomic mass is 16.1. The van der Waals surface area contributed by atoms with E-state index in [-0.39, 0.29) is 5.91 Å². The quantitative estimate of drug-likeness (QED) is 0.484. The summed E-state index contributed by atoms with van der Waals surface area (Å²) in [6, 6.07) is 0. The Kier molecular flexibility index (Phi) is 4.27. The third-order valence-corrected chi connectivity index (χ3v) is 1.16. The van der Waals surface area contributed by atoms with Gasteiger partial charge in [0, 0.05) is 12.1 Å². The summed E-state index contributed by atoms with van der Waals surface area (Å²) in [7, 11) is 0. The van der Waals surface area contributed by atoms with Crippen LogP contribution >= 0.6 is 0 Å². The van der Waals surface area contributed by atoms with E-state index in [9.17, 15) is 4.79 Å². The van der Waals surface area contributed by atoms with Crippen molar-refractivity contribution < 1.29 is 4.79 Å². The summed E-state index contributed by atoms with van der Waals surface area (Å²) >= 11 is 0. The average Bonchev–Trinajstić information content (AvgIpc) is 1.86. The molecule has 0 bridgehead atoms. The molecule has 2 nitrogen and oxygen atoms in total. The van der Waals surface area contributed by atoms with Crippen molar-refractivity contribution in [3.63, 3.8) is 0 Å². The summed E-state index contributed by atoms with van der Waals surface area (Å²) < 4.78 is 0. The second-order valence-corrected chi connectivity index (χ2v) is 2.77. The van der Waals surface area contributed by atoms with Gasteiger partial charge in [-0.15, -0.1) is 0 Å². The molecule has 0 atom stereocenters. The fraction of sp³-hybridized carbons (Fsp3) is 0.444. The predicted octanol–water partition coefficient (Wildman–Crippen LogP) is 1.64. The highest BCUT2D eigenvalue weighted by molar-refractivity contribution is 5.92. The molecule has 62 valence electrons. The van der Waals surface area contributed by atoms with Gasteiger partial charge < -0.3 is 5.32 Å². The first-order valence-electron chi connectivity index (χ1n) is 3.61. The summed E-state index contributed by atoms with van der Waals surface area (Å²) in [5, 5.41) is 2.70. The molecular formula is C9H15NO. The molecule has 1 amide bonds. The van der Waals surface area contributed by atoms with Crippen LogP contribution in [0.2, 0.25) is 0 Å². The lowest BCUT2D eigenvalue weighted by molar-refractivity contribution is -0.117. The van der Waals surface area contributed by atoms with Gasteiger partial charge in [0.1, 0.15) is 0 Å². The van der Waals surface area contributed by atoms with Crippen LogP contribution in [0.25, 0.3) is 0 Å². The van der Waals surface area contributed by atoms with E-state index in [4.69, 9.17) is 0 Å². The first-order valence-corrected chi connectivity index (χ1v) is 3.61. The fourth-order valence-electron chi connectivity index (χ4n) is 0.499. The molecule has 0 aromatic rings. The van der Waals surface area contributed by atoms with Crippen molar-refractivity contribution in [1.82, 2.24) is 5.32 Å². The van der Waals surface area contributed by atoms with Crippen LogP contribution in [-0.4, -0.2) is 12.5 Å². The zero-order valence-electron chi connectivity index (χ0n) is 7.40. The number of allylic oxidation sites excluding steroid dienone is 1. The minimum absolute atomic E-state index is 0.0810. The Morgan fingerprint density at radius 1 is 1.45 bits per heavy atom. The van der Waals surface area contributed by atoms with E-state index >= 15 is 0 Å². The zero-order valence-corrected chi connectivity index (χ0v) is 7.40. The van der Waals surface area contributed by atoms with E-state index in [1.165, 1.54) is 5.57 Å². The molecule has 0 fully saturated rings. The summed E-state index contributed by atoms with van der Waals surface area (Å²) in [5.74, 6) is -0.0810. The molecule has 1 N–H and O–H groups in total. The summed E-state index contributed by atoms with van der Waals surface area (Å²) in [6.45, 7) is 9.79. The molecule has 11 heavy (non-hydrogen) atoms. The largest absolute Gasteiger partial charge is 0.349 e. The average molecular weight is 153 g/mol. The van der Waals surface area contributed by atoms with Gasteiger partial charge in [0.05, 0.1) is 0 Å². The van der Waals surface area contributed by atoms with Crippen LogP contribution in [0.5, 0.6) is 0 Å². The lowest BCUT2D eigenvalue weighted by Gasteiger charge is -1.99. The standard InChI is InChI=1S/C9H15NO/c1-7(2)5-6-10-9(11)8(3)4/h5H,3,6H2,1-2,4H3,(H,10,11). The van der Waals surface area contributed by atoms with Gasteiger partial charge in [-0.2, -0.15) is 0 Å². The molecule has 0 rings (SSSR count). The van der Waals surface area contributed by atoms with Crippen LogP contribution in [0.15, 0.2) is 23.8 Å². The Bertz CT molecular complexity index is 188. The first kappa shape index (κ1) is 9.95. The number of carbonyl (C=O) groups is 1. The Labute approximate surface area is 68.0 Å². The van der Waals surface area contributed by atoms with Gasteiger partial charge in [0.2, 0.25) is 5.91 Å². The number of nitrogens with one attached hydrogen (secondary N) is 1. The maximum atomic E-state index is 10.9. The fourth-order valence-corrected chi connectivity index (χ4v) is 0.499. The number of carbonyl (C=O) groups excluding carboxylic acids is 1. The Hall–Kier alpha value is -1.05. The van der Waals surface area contributed by atoms with Crippen LogP contribution < -0.4 is 5.32 Å². The minimum atomic E-state index is -0.0810. The van der Waals surface area contributed by atoms with E-state index in [1.807, 2.05) is 19.9 Å². The van der Waals surface area contributed by atoms with Crippen LogP contribution in [0.1, 0.15) is 20.8 Å². The third-order valence-electron chi connectivity index (χ3n) is 1.16. The summed E-state index contributed by atoms with van der Waals surface area (Å²) in [5.41, 5.74) is 1.75. The van der Waals surface area contributed by atoms with Gasteiger partial charge in [-0.25, -0.2) is 0 Å². The highest BCUT2D eigenvalue weighted by Crippen LogP contribution is 1.88. The SMILES string of the molecule is C=C(C)C(=O)NCC=C(C)C. The van der Waals surface area contributed by atoms with Gasteiger partial charge in [0.25, 0.3) is 0 Å². The normalized spacial score (nSPS) is 8.64. The van der Waals surface area contributed by atoms with E-state index in [2.05, 4.69) is 11.9 Å². The van der Waals surface area contributed by atoms with E-state index in [0.717, 1.165) is 0 Å². The molecule has 0 aliphatic heterocycles. The lowest BCUT2D eigenvalue weighted by atomic mass is 10.3. The maximum absolute atomic E-state index is 10.9. The van der Waals surface area contributed by atoms with E-state index in [0.29, 0.717) is 12.1 Å². The maximum Gasteiger partial charge on any atom is 0.246 e. The number of amides is 1. The lowest BCUT2D eigenvalue weighted by Crippen LogP contribution is -2.23. The Morgan fingerprint density at radius 2 is 2.00 bits per heavy atom. The van der Waals surface area contributed by atoms with E-state index in [1.54, 1.807) is 6.92 Å². The monoisotopic (exact) mass is 153 g/mol. The topological polar surface area (TPSA) is 29.1 Å². The molecule has 0 saturated carbocycles. The van der Waals surface area contributed by atoms with Crippen molar-refractivity contribution in [3.8, 4) is 0 Å². The molecule has 0 saturated heterocycles. The van der Waals surface area contributed by atoms with Crippen molar-refractivity contribution >= 4 is 5.91 Å². The van der Waals surface area contributed by atoms with Crippen molar-refractivity contribution in [3.05, 3.63) is 23.8 Å². The molecule has 0 aromatic heterocycles. The van der Waals surface area contributed by atoms with Crippen LogP contribution in [0, 0.1) is 0 Å². The molecule has 0 aliphatic carbocycles. The van der Waals surface area contributed by atoms with Crippen molar-refractivity contribution in [2.45, 2.75) is 20.8 Å². The summed E-state index contributed by atoms with van der Waals surface area (Å²) in [4.78, 5) is 10.9. The van der Waals surface area contributed by atoms with Gasteiger partial charge in [-0.3, -0.25) is 4.79 Å². The Balaban J connectivity index is 3.64. The second kappa shape index (κ2) is 4.72. The molecule has 0 aliphatic rings. The molecule has 0 spiro atoms. The molecular weight excluding hydrogens is 138 g/mol. The molecule has 0 heterocycles. The smallest absolute Gasteiger partial charge is 0.246 e. The predicted molar refractivity (Wildman–Crippen MR) is 47.3 cm³/mol. The second-order valence-electron chi connectivity index (χ2n) is 2.77. The van der Waals surface area contributed by atoms with Gasteiger partial charge in [-0.05, 0) is 20.8 Å². The molecule has 0 radical (unpaired) electrons. The zero-order chi connectivity index (χ0) is 8.85. The molecule has 0 aromatic carbocycles. The third kappa shape index (κ3) is 5.40.